The van der Waals surface area contributed by atoms with Crippen molar-refractivity contribution in [3.05, 3.63) is 71.8 Å². The van der Waals surface area contributed by atoms with Crippen LogP contribution >= 0.6 is 0 Å². The van der Waals surface area contributed by atoms with Gasteiger partial charge in [0.2, 0.25) is 0 Å². The number of halogens is 3. The number of methoxy groups -OCH3 is 1. The van der Waals surface area contributed by atoms with Gasteiger partial charge in [-0.1, -0.05) is 6.07 Å². The molecule has 0 radical (unpaired) electrons. The number of pyridine rings is 1. The van der Waals surface area contributed by atoms with Crippen molar-refractivity contribution in [2.24, 2.45) is 0 Å². The van der Waals surface area contributed by atoms with Gasteiger partial charge in [0.15, 0.2) is 0 Å². The van der Waals surface area contributed by atoms with Crippen molar-refractivity contribution in [1.29, 1.82) is 0 Å². The van der Waals surface area contributed by atoms with E-state index >= 15 is 0 Å². The van der Waals surface area contributed by atoms with Gasteiger partial charge >= 0.3 is 0 Å². The average Bonchev–Trinajstić information content (AvgIpc) is 2.62. The molecule has 4 nitrogen and oxygen atoms in total. The first-order valence-electron chi connectivity index (χ1n) is 7.84. The van der Waals surface area contributed by atoms with E-state index in [2.05, 4.69) is 15.0 Å². The minimum absolute atomic E-state index is 0.288. The zero-order valence-electron chi connectivity index (χ0n) is 14.2. The first-order valence-corrected chi connectivity index (χ1v) is 7.84. The standard InChI is InChI=1S/C19H16F3N3O/c1-19(21,22)18-6-3-12(9-24-18)7-16-15(10-23-11-25-16)14-5-4-13(20)8-17(14)26-2/h3-6,8-11H,7H2,1-2H3. The molecule has 0 saturated carbocycles. The fourth-order valence-corrected chi connectivity index (χ4v) is 2.59. The number of hydrogen-bond acceptors (Lipinski definition) is 4. The largest absolute Gasteiger partial charge is 0.496 e. The van der Waals surface area contributed by atoms with E-state index in [4.69, 9.17) is 4.74 Å². The quantitative estimate of drug-likeness (QED) is 0.678. The Kier molecular flexibility index (Phi) is 4.88. The summed E-state index contributed by atoms with van der Waals surface area (Å²) in [5.74, 6) is -3.04. The Labute approximate surface area is 148 Å². The van der Waals surface area contributed by atoms with Crippen LogP contribution in [0.2, 0.25) is 0 Å². The third-order valence-corrected chi connectivity index (χ3v) is 3.89. The zero-order valence-corrected chi connectivity index (χ0v) is 14.2. The molecule has 3 aromatic rings. The number of benzene rings is 1. The van der Waals surface area contributed by atoms with Crippen LogP contribution in [0.5, 0.6) is 5.75 Å². The summed E-state index contributed by atoms with van der Waals surface area (Å²) in [6.45, 7) is 0.804. The van der Waals surface area contributed by atoms with E-state index in [0.717, 1.165) is 12.5 Å². The normalized spacial score (nSPS) is 11.4. The average molecular weight is 359 g/mol. The minimum Gasteiger partial charge on any atom is -0.496 e. The van der Waals surface area contributed by atoms with Gasteiger partial charge < -0.3 is 4.74 Å². The van der Waals surface area contributed by atoms with Crippen LogP contribution in [0.1, 0.15) is 23.9 Å². The summed E-state index contributed by atoms with van der Waals surface area (Å²) in [4.78, 5) is 12.1. The van der Waals surface area contributed by atoms with Gasteiger partial charge in [0.05, 0.1) is 12.8 Å². The van der Waals surface area contributed by atoms with Gasteiger partial charge in [0, 0.05) is 42.9 Å². The Bertz CT molecular complexity index is 909. The third kappa shape index (κ3) is 3.82. The van der Waals surface area contributed by atoms with Gasteiger partial charge in [-0.15, -0.1) is 0 Å². The molecule has 1 aromatic carbocycles. The number of hydrogen-bond donors (Lipinski definition) is 0. The van der Waals surface area contributed by atoms with Crippen LogP contribution < -0.4 is 4.74 Å². The van der Waals surface area contributed by atoms with Crippen LogP contribution in [0.3, 0.4) is 0 Å². The van der Waals surface area contributed by atoms with Crippen LogP contribution in [0.4, 0.5) is 13.2 Å². The number of nitrogens with zero attached hydrogens (tertiary/aromatic N) is 3. The SMILES string of the molecule is COc1cc(F)ccc1-c1cncnc1Cc1ccc(C(C)(F)F)nc1. The van der Waals surface area contributed by atoms with Crippen molar-refractivity contribution in [3.63, 3.8) is 0 Å². The Morgan fingerprint density at radius 2 is 1.85 bits per heavy atom. The summed E-state index contributed by atoms with van der Waals surface area (Å²) in [6.07, 6.45) is 4.78. The van der Waals surface area contributed by atoms with E-state index in [9.17, 15) is 13.2 Å². The van der Waals surface area contributed by atoms with Gasteiger partial charge in [-0.2, -0.15) is 8.78 Å². The molecular weight excluding hydrogens is 343 g/mol. The van der Waals surface area contributed by atoms with Crippen molar-refractivity contribution in [1.82, 2.24) is 15.0 Å². The number of aromatic nitrogens is 3. The maximum absolute atomic E-state index is 13.5. The molecule has 134 valence electrons. The fraction of sp³-hybridized carbons (Fsp3) is 0.211. The van der Waals surface area contributed by atoms with Crippen LogP contribution in [0.25, 0.3) is 11.1 Å². The number of rotatable bonds is 5. The second-order valence-electron chi connectivity index (χ2n) is 5.84. The van der Waals surface area contributed by atoms with E-state index in [1.54, 1.807) is 18.3 Å². The predicted molar refractivity (Wildman–Crippen MR) is 90.6 cm³/mol. The summed E-state index contributed by atoms with van der Waals surface area (Å²) in [5.41, 5.74) is 2.41. The molecule has 0 aliphatic carbocycles. The molecule has 7 heteroatoms. The summed E-state index contributed by atoms with van der Waals surface area (Å²) < 4.78 is 45.3. The molecule has 2 aromatic heterocycles. The smallest absolute Gasteiger partial charge is 0.286 e. The Morgan fingerprint density at radius 3 is 2.50 bits per heavy atom. The lowest BCUT2D eigenvalue weighted by Crippen LogP contribution is -2.09. The van der Waals surface area contributed by atoms with Gasteiger partial charge in [0.25, 0.3) is 5.92 Å². The van der Waals surface area contributed by atoms with Crippen molar-refractivity contribution in [2.75, 3.05) is 7.11 Å². The molecule has 0 fully saturated rings. The molecule has 0 amide bonds. The van der Waals surface area contributed by atoms with Crippen molar-refractivity contribution >= 4 is 0 Å². The molecule has 0 N–H and O–H groups in total. The highest BCUT2D eigenvalue weighted by Crippen LogP contribution is 2.32. The Balaban J connectivity index is 1.96. The second-order valence-corrected chi connectivity index (χ2v) is 5.84. The molecule has 0 unspecified atom stereocenters. The van der Waals surface area contributed by atoms with Crippen molar-refractivity contribution in [3.8, 4) is 16.9 Å². The molecule has 0 aliphatic heterocycles. The molecule has 3 rings (SSSR count). The molecule has 0 atom stereocenters. The fourth-order valence-electron chi connectivity index (χ4n) is 2.59. The summed E-state index contributed by atoms with van der Waals surface area (Å²) in [6, 6.07) is 7.09. The molecular formula is C19H16F3N3O. The van der Waals surface area contributed by atoms with Crippen molar-refractivity contribution in [2.45, 2.75) is 19.3 Å². The third-order valence-electron chi connectivity index (χ3n) is 3.89. The lowest BCUT2D eigenvalue weighted by atomic mass is 10.0. The molecule has 0 bridgehead atoms. The topological polar surface area (TPSA) is 47.9 Å². The first kappa shape index (κ1) is 17.8. The zero-order chi connectivity index (χ0) is 18.7. The Hall–Kier alpha value is -2.96. The highest BCUT2D eigenvalue weighted by molar-refractivity contribution is 5.72. The van der Waals surface area contributed by atoms with Crippen LogP contribution in [0, 0.1) is 5.82 Å². The van der Waals surface area contributed by atoms with E-state index in [-0.39, 0.29) is 5.69 Å². The molecule has 0 saturated heterocycles. The monoisotopic (exact) mass is 359 g/mol. The maximum atomic E-state index is 13.5. The summed E-state index contributed by atoms with van der Waals surface area (Å²) >= 11 is 0. The van der Waals surface area contributed by atoms with E-state index < -0.39 is 11.7 Å². The summed E-state index contributed by atoms with van der Waals surface area (Å²) in [7, 11) is 1.45. The van der Waals surface area contributed by atoms with Crippen LogP contribution in [-0.4, -0.2) is 22.1 Å². The Morgan fingerprint density at radius 1 is 1.04 bits per heavy atom. The van der Waals surface area contributed by atoms with Gasteiger partial charge in [-0.25, -0.2) is 14.4 Å². The van der Waals surface area contributed by atoms with Gasteiger partial charge in [-0.05, 0) is 23.8 Å². The predicted octanol–water partition coefficient (Wildman–Crippen LogP) is 4.39. The lowest BCUT2D eigenvalue weighted by Gasteiger charge is -2.13. The maximum Gasteiger partial charge on any atom is 0.286 e. The van der Waals surface area contributed by atoms with Gasteiger partial charge in [0.1, 0.15) is 23.6 Å². The van der Waals surface area contributed by atoms with E-state index in [1.807, 2.05) is 0 Å². The van der Waals surface area contributed by atoms with Gasteiger partial charge in [-0.3, -0.25) is 4.98 Å². The second kappa shape index (κ2) is 7.11. The number of alkyl halides is 2. The highest BCUT2D eigenvalue weighted by atomic mass is 19.3. The lowest BCUT2D eigenvalue weighted by molar-refractivity contribution is 0.0127. The number of ether oxygens (including phenoxy) is 1. The van der Waals surface area contributed by atoms with Crippen LogP contribution in [-0.2, 0) is 12.3 Å². The summed E-state index contributed by atoms with van der Waals surface area (Å²) in [5, 5.41) is 0. The van der Waals surface area contributed by atoms with Crippen molar-refractivity contribution < 1.29 is 17.9 Å². The molecule has 0 aliphatic rings. The molecule has 2 heterocycles. The molecule has 26 heavy (non-hydrogen) atoms. The van der Waals surface area contributed by atoms with Crippen LogP contribution in [0.15, 0.2) is 49.1 Å². The molecule has 0 spiro atoms. The minimum atomic E-state index is -2.99. The van der Waals surface area contributed by atoms with E-state index in [0.29, 0.717) is 29.0 Å². The van der Waals surface area contributed by atoms with E-state index in [1.165, 1.54) is 37.8 Å². The first-order chi connectivity index (χ1) is 12.4. The highest BCUT2D eigenvalue weighted by Gasteiger charge is 2.25.